The summed E-state index contributed by atoms with van der Waals surface area (Å²) in [5.74, 6) is 1.61. The molecule has 0 saturated carbocycles. The molecule has 0 aromatic carbocycles. The Kier molecular flexibility index (Phi) is 3.52. The molecule has 1 atom stereocenters. The fourth-order valence-electron chi connectivity index (χ4n) is 3.30. The van der Waals surface area contributed by atoms with Crippen molar-refractivity contribution in [1.82, 2.24) is 29.5 Å². The summed E-state index contributed by atoms with van der Waals surface area (Å²) in [4.78, 5) is 18.8. The number of hydrogen-bond acceptors (Lipinski definition) is 6. The summed E-state index contributed by atoms with van der Waals surface area (Å²) in [6.45, 7) is 1.76. The van der Waals surface area contributed by atoms with Crippen LogP contribution < -0.4 is 10.2 Å². The number of nitrogens with zero attached hydrogens (tertiary/aromatic N) is 6. The van der Waals surface area contributed by atoms with E-state index >= 15 is 0 Å². The number of H-pyrrole nitrogens is 1. The lowest BCUT2D eigenvalue weighted by Gasteiger charge is -2.17. The first-order valence-corrected chi connectivity index (χ1v) is 8.64. The molecule has 5 rings (SSSR count). The van der Waals surface area contributed by atoms with Gasteiger partial charge < -0.3 is 15.2 Å². The molecule has 1 aliphatic heterocycles. The Morgan fingerprint density at radius 1 is 1.12 bits per heavy atom. The summed E-state index contributed by atoms with van der Waals surface area (Å²) < 4.78 is 1.78. The van der Waals surface area contributed by atoms with E-state index in [0.29, 0.717) is 6.04 Å². The predicted molar refractivity (Wildman–Crippen MR) is 99.0 cm³/mol. The van der Waals surface area contributed by atoms with Crippen LogP contribution in [0.3, 0.4) is 0 Å². The zero-order valence-corrected chi connectivity index (χ0v) is 14.1. The van der Waals surface area contributed by atoms with Crippen LogP contribution in [0.15, 0.2) is 55.1 Å². The largest absolute Gasteiger partial charge is 0.364 e. The van der Waals surface area contributed by atoms with Gasteiger partial charge in [0.2, 0.25) is 5.95 Å². The molecule has 0 spiro atoms. The topological polar surface area (TPSA) is 87.0 Å². The number of rotatable bonds is 4. The molecule has 2 N–H and O–H groups in total. The number of nitrogens with one attached hydrogen (secondary N) is 2. The van der Waals surface area contributed by atoms with E-state index in [4.69, 9.17) is 4.98 Å². The third-order valence-electron chi connectivity index (χ3n) is 4.60. The van der Waals surface area contributed by atoms with Crippen LogP contribution >= 0.6 is 0 Å². The lowest BCUT2D eigenvalue weighted by molar-refractivity contribution is 0.786. The molecular formula is C18H18N8. The van der Waals surface area contributed by atoms with E-state index in [1.807, 2.05) is 48.9 Å². The molecule has 5 heterocycles. The van der Waals surface area contributed by atoms with Crippen LogP contribution in [0.5, 0.6) is 0 Å². The van der Waals surface area contributed by atoms with Gasteiger partial charge in [-0.15, -0.1) is 5.10 Å². The molecule has 0 amide bonds. The van der Waals surface area contributed by atoms with Crippen LogP contribution in [-0.2, 0) is 0 Å². The Balaban J connectivity index is 1.30. The molecular weight excluding hydrogens is 328 g/mol. The highest BCUT2D eigenvalue weighted by molar-refractivity contribution is 5.56. The quantitative estimate of drug-likeness (QED) is 0.589. The summed E-state index contributed by atoms with van der Waals surface area (Å²) in [5, 5.41) is 8.04. The van der Waals surface area contributed by atoms with Crippen LogP contribution in [0.4, 0.5) is 11.8 Å². The lowest BCUT2D eigenvalue weighted by atomic mass is 10.2. The minimum Gasteiger partial charge on any atom is -0.364 e. The van der Waals surface area contributed by atoms with Gasteiger partial charge in [-0.2, -0.15) is 0 Å². The Labute approximate surface area is 149 Å². The highest BCUT2D eigenvalue weighted by atomic mass is 15.3. The van der Waals surface area contributed by atoms with Crippen molar-refractivity contribution in [2.24, 2.45) is 0 Å². The molecule has 130 valence electrons. The highest BCUT2D eigenvalue weighted by Gasteiger charge is 2.25. The number of hydrogen-bond donors (Lipinski definition) is 2. The molecule has 1 aliphatic rings. The van der Waals surface area contributed by atoms with Crippen LogP contribution in [0, 0.1) is 0 Å². The van der Waals surface area contributed by atoms with Crippen molar-refractivity contribution in [2.75, 3.05) is 23.3 Å². The zero-order valence-electron chi connectivity index (χ0n) is 14.1. The van der Waals surface area contributed by atoms with Gasteiger partial charge in [0.25, 0.3) is 0 Å². The first-order valence-electron chi connectivity index (χ1n) is 8.64. The van der Waals surface area contributed by atoms with E-state index < -0.39 is 0 Å². The second kappa shape index (κ2) is 6.14. The summed E-state index contributed by atoms with van der Waals surface area (Å²) in [6, 6.07) is 10.1. The number of aromatic amines is 1. The molecule has 0 aliphatic carbocycles. The molecule has 1 unspecified atom stereocenters. The van der Waals surface area contributed by atoms with Gasteiger partial charge >= 0.3 is 0 Å². The van der Waals surface area contributed by atoms with E-state index in [1.54, 1.807) is 10.7 Å². The normalized spacial score (nSPS) is 17.1. The van der Waals surface area contributed by atoms with Crippen LogP contribution in [0.1, 0.15) is 6.42 Å². The second-order valence-corrected chi connectivity index (χ2v) is 6.35. The van der Waals surface area contributed by atoms with Gasteiger partial charge in [0.15, 0.2) is 5.65 Å². The SMILES string of the molecule is c1c[nH]c(-c2ccnc(N3CCC(Nc4ccc5nccn5n4)C3)n2)c1. The van der Waals surface area contributed by atoms with Crippen LogP contribution in [0.25, 0.3) is 17.0 Å². The van der Waals surface area contributed by atoms with Crippen molar-refractivity contribution in [1.29, 1.82) is 0 Å². The van der Waals surface area contributed by atoms with Gasteiger partial charge in [0.05, 0.1) is 11.4 Å². The van der Waals surface area contributed by atoms with Crippen molar-refractivity contribution in [2.45, 2.75) is 12.5 Å². The van der Waals surface area contributed by atoms with Crippen LogP contribution in [-0.4, -0.2) is 48.7 Å². The van der Waals surface area contributed by atoms with E-state index in [2.05, 4.69) is 30.3 Å². The Morgan fingerprint density at radius 2 is 2.12 bits per heavy atom. The first-order chi connectivity index (χ1) is 12.8. The maximum absolute atomic E-state index is 4.70. The number of fused-ring (bicyclic) bond motifs is 1. The van der Waals surface area contributed by atoms with Crippen molar-refractivity contribution in [3.63, 3.8) is 0 Å². The molecule has 8 heteroatoms. The second-order valence-electron chi connectivity index (χ2n) is 6.35. The smallest absolute Gasteiger partial charge is 0.225 e. The van der Waals surface area contributed by atoms with E-state index in [1.165, 1.54) is 0 Å². The van der Waals surface area contributed by atoms with Crippen molar-refractivity contribution in [3.8, 4) is 11.4 Å². The molecule has 4 aromatic heterocycles. The monoisotopic (exact) mass is 346 g/mol. The molecule has 26 heavy (non-hydrogen) atoms. The van der Waals surface area contributed by atoms with Crippen molar-refractivity contribution < 1.29 is 0 Å². The van der Waals surface area contributed by atoms with Gasteiger partial charge in [0, 0.05) is 43.9 Å². The van der Waals surface area contributed by atoms with Gasteiger partial charge in [-0.25, -0.2) is 19.5 Å². The number of aromatic nitrogens is 6. The average molecular weight is 346 g/mol. The van der Waals surface area contributed by atoms with Crippen molar-refractivity contribution in [3.05, 3.63) is 55.1 Å². The molecule has 4 aromatic rings. The third-order valence-corrected chi connectivity index (χ3v) is 4.60. The fourth-order valence-corrected chi connectivity index (χ4v) is 3.30. The summed E-state index contributed by atoms with van der Waals surface area (Å²) >= 11 is 0. The van der Waals surface area contributed by atoms with Crippen LogP contribution in [0.2, 0.25) is 0 Å². The molecule has 1 fully saturated rings. The third kappa shape index (κ3) is 2.75. The number of anilines is 2. The molecule has 8 nitrogen and oxygen atoms in total. The summed E-state index contributed by atoms with van der Waals surface area (Å²) in [7, 11) is 0. The molecule has 0 radical (unpaired) electrons. The van der Waals surface area contributed by atoms with Gasteiger partial charge in [-0.05, 0) is 36.8 Å². The average Bonchev–Trinajstić information content (AvgIpc) is 3.43. The maximum Gasteiger partial charge on any atom is 0.225 e. The highest BCUT2D eigenvalue weighted by Crippen LogP contribution is 2.21. The zero-order chi connectivity index (χ0) is 17.3. The lowest BCUT2D eigenvalue weighted by Crippen LogP contribution is -2.27. The minimum atomic E-state index is 0.307. The van der Waals surface area contributed by atoms with Gasteiger partial charge in [0.1, 0.15) is 5.82 Å². The standard InChI is InChI=1S/C18H18N8/c1-2-14(19-7-1)15-5-8-21-18(23-15)25-10-6-13(12-25)22-16-3-4-17-20-9-11-26(17)24-16/h1-5,7-9,11,13,19H,6,10,12H2,(H,22,24). The molecule has 1 saturated heterocycles. The first kappa shape index (κ1) is 14.9. The Hall–Kier alpha value is -3.42. The Morgan fingerprint density at radius 3 is 3.04 bits per heavy atom. The fraction of sp³-hybridized carbons (Fsp3) is 0.222. The molecule has 0 bridgehead atoms. The number of imidazole rings is 1. The van der Waals surface area contributed by atoms with Crippen molar-refractivity contribution >= 4 is 17.4 Å². The predicted octanol–water partition coefficient (Wildman–Crippen LogP) is 2.21. The Bertz CT molecular complexity index is 1020. The van der Waals surface area contributed by atoms with E-state index in [9.17, 15) is 0 Å². The minimum absolute atomic E-state index is 0.307. The van der Waals surface area contributed by atoms with Gasteiger partial charge in [-0.1, -0.05) is 0 Å². The van der Waals surface area contributed by atoms with E-state index in [0.717, 1.165) is 48.3 Å². The maximum atomic E-state index is 4.70. The summed E-state index contributed by atoms with van der Waals surface area (Å²) in [5.41, 5.74) is 2.75. The summed E-state index contributed by atoms with van der Waals surface area (Å²) in [6.07, 6.45) is 8.32. The van der Waals surface area contributed by atoms with E-state index in [-0.39, 0.29) is 0 Å². The van der Waals surface area contributed by atoms with Gasteiger partial charge in [-0.3, -0.25) is 0 Å².